The van der Waals surface area contributed by atoms with E-state index in [0.29, 0.717) is 25.7 Å². The molecule has 2 fully saturated rings. The number of benzene rings is 1. The largest absolute Gasteiger partial charge is 0.508 e. The van der Waals surface area contributed by atoms with Crippen LogP contribution in [0.5, 0.6) is 17.2 Å². The summed E-state index contributed by atoms with van der Waals surface area (Å²) in [5.41, 5.74) is 0.568. The summed E-state index contributed by atoms with van der Waals surface area (Å²) in [6, 6.07) is 8.94. The average molecular weight is 498 g/mol. The van der Waals surface area contributed by atoms with Gasteiger partial charge in [-0.05, 0) is 83.1 Å². The van der Waals surface area contributed by atoms with Gasteiger partial charge in [-0.15, -0.1) is 0 Å². The number of hydrogen-bond donors (Lipinski definition) is 1. The van der Waals surface area contributed by atoms with E-state index >= 15 is 0 Å². The van der Waals surface area contributed by atoms with Gasteiger partial charge in [0.2, 0.25) is 0 Å². The average Bonchev–Trinajstić information content (AvgIpc) is 3.33. The quantitative estimate of drug-likeness (QED) is 0.533. The predicted octanol–water partition coefficient (Wildman–Crippen LogP) is 5.25. The Hall–Kier alpha value is -3.16. The molecule has 4 rings (SSSR count). The first kappa shape index (κ1) is 25.9. The van der Waals surface area contributed by atoms with Gasteiger partial charge in [-0.2, -0.15) is 0 Å². The molecule has 1 aromatic carbocycles. The molecule has 8 heteroatoms. The minimum Gasteiger partial charge on any atom is -0.508 e. The maximum Gasteiger partial charge on any atom is 0.410 e. The molecule has 3 heterocycles. The summed E-state index contributed by atoms with van der Waals surface area (Å²) in [6.45, 7) is 9.44. The summed E-state index contributed by atoms with van der Waals surface area (Å²) in [5.74, 6) is 2.40. The molecule has 2 aromatic rings. The molecule has 0 radical (unpaired) electrons. The first-order valence-electron chi connectivity index (χ1n) is 13.0. The molecular weight excluding hydrogens is 458 g/mol. The molecule has 0 unspecified atom stereocenters. The van der Waals surface area contributed by atoms with Crippen LogP contribution >= 0.6 is 0 Å². The number of pyridine rings is 1. The Bertz CT molecular complexity index is 983. The van der Waals surface area contributed by atoms with Gasteiger partial charge in [-0.3, -0.25) is 4.98 Å². The van der Waals surface area contributed by atoms with E-state index in [2.05, 4.69) is 9.88 Å². The molecule has 1 aromatic heterocycles. The molecule has 1 atom stereocenters. The zero-order valence-corrected chi connectivity index (χ0v) is 21.7. The van der Waals surface area contributed by atoms with Crippen molar-refractivity contribution in [3.63, 3.8) is 0 Å². The van der Waals surface area contributed by atoms with Crippen LogP contribution in [0.2, 0.25) is 0 Å². The van der Waals surface area contributed by atoms with E-state index < -0.39 is 5.60 Å². The lowest BCUT2D eigenvalue weighted by atomic mass is 9.94. The van der Waals surface area contributed by atoms with Crippen LogP contribution in [0, 0.1) is 5.92 Å². The van der Waals surface area contributed by atoms with Crippen molar-refractivity contribution in [3.05, 3.63) is 42.7 Å². The second kappa shape index (κ2) is 11.7. The van der Waals surface area contributed by atoms with Crippen molar-refractivity contribution in [1.29, 1.82) is 0 Å². The summed E-state index contributed by atoms with van der Waals surface area (Å²) >= 11 is 0. The molecule has 1 N–H and O–H groups in total. The number of carbonyl (C=O) groups excluding carboxylic acids is 1. The maximum absolute atomic E-state index is 12.5. The van der Waals surface area contributed by atoms with Crippen LogP contribution in [0.15, 0.2) is 42.7 Å². The topological polar surface area (TPSA) is 84.4 Å². The van der Waals surface area contributed by atoms with Crippen LogP contribution in [0.25, 0.3) is 0 Å². The SMILES string of the molecule is CC(C)(C)OC(=O)N1CCC[C@H]1COc1cncc(N2CCC(CCOc3ccc(O)cc3)CC2)c1. The number of nitrogens with zero attached hydrogens (tertiary/aromatic N) is 3. The Morgan fingerprint density at radius 3 is 2.50 bits per heavy atom. The smallest absolute Gasteiger partial charge is 0.410 e. The first-order valence-corrected chi connectivity index (χ1v) is 13.0. The van der Waals surface area contributed by atoms with Gasteiger partial charge in [0, 0.05) is 25.7 Å². The lowest BCUT2D eigenvalue weighted by Gasteiger charge is -2.33. The van der Waals surface area contributed by atoms with Gasteiger partial charge in [0.1, 0.15) is 29.5 Å². The van der Waals surface area contributed by atoms with Crippen LogP contribution in [0.4, 0.5) is 10.5 Å². The van der Waals surface area contributed by atoms with E-state index in [-0.39, 0.29) is 17.9 Å². The number of phenols is 1. The highest BCUT2D eigenvalue weighted by Gasteiger charge is 2.32. The standard InChI is InChI=1S/C28H39N3O5/c1-28(2,3)36-27(33)31-13-4-5-22(31)20-35-26-17-23(18-29-19-26)30-14-10-21(11-15-30)12-16-34-25-8-6-24(32)7-9-25/h6-9,17-19,21-22,32H,4-5,10-16,20H2,1-3H3/t22-/m0/s1. The highest BCUT2D eigenvalue weighted by atomic mass is 16.6. The third-order valence-corrected chi connectivity index (χ3v) is 6.76. The Morgan fingerprint density at radius 2 is 1.78 bits per heavy atom. The Balaban J connectivity index is 1.22. The fraction of sp³-hybridized carbons (Fsp3) is 0.571. The van der Waals surface area contributed by atoms with E-state index in [1.54, 1.807) is 35.4 Å². The molecule has 0 bridgehead atoms. The second-order valence-corrected chi connectivity index (χ2v) is 10.7. The fourth-order valence-electron chi connectivity index (χ4n) is 4.79. The number of carbonyl (C=O) groups is 1. The van der Waals surface area contributed by atoms with E-state index in [1.165, 1.54) is 0 Å². The van der Waals surface area contributed by atoms with Gasteiger partial charge in [0.25, 0.3) is 0 Å². The summed E-state index contributed by atoms with van der Waals surface area (Å²) < 4.78 is 17.5. The molecule has 0 aliphatic carbocycles. The van der Waals surface area contributed by atoms with Crippen molar-refractivity contribution in [1.82, 2.24) is 9.88 Å². The monoisotopic (exact) mass is 497 g/mol. The van der Waals surface area contributed by atoms with Crippen LogP contribution in [-0.2, 0) is 4.74 Å². The van der Waals surface area contributed by atoms with Crippen molar-refractivity contribution < 1.29 is 24.1 Å². The van der Waals surface area contributed by atoms with E-state index in [4.69, 9.17) is 14.2 Å². The van der Waals surface area contributed by atoms with Crippen molar-refractivity contribution in [2.75, 3.05) is 37.7 Å². The molecule has 2 aliphatic heterocycles. The van der Waals surface area contributed by atoms with Crippen LogP contribution < -0.4 is 14.4 Å². The Labute approximate surface area is 214 Å². The summed E-state index contributed by atoms with van der Waals surface area (Å²) in [4.78, 5) is 21.1. The zero-order valence-electron chi connectivity index (χ0n) is 21.7. The normalized spacial score (nSPS) is 18.8. The van der Waals surface area contributed by atoms with Crippen molar-refractivity contribution in [2.45, 2.75) is 64.5 Å². The van der Waals surface area contributed by atoms with E-state index in [9.17, 15) is 9.90 Å². The van der Waals surface area contributed by atoms with Gasteiger partial charge >= 0.3 is 6.09 Å². The minimum atomic E-state index is -0.503. The molecule has 1 amide bonds. The van der Waals surface area contributed by atoms with Crippen molar-refractivity contribution >= 4 is 11.8 Å². The maximum atomic E-state index is 12.5. The molecular formula is C28H39N3O5. The Kier molecular flexibility index (Phi) is 8.44. The molecule has 196 valence electrons. The Morgan fingerprint density at radius 1 is 1.03 bits per heavy atom. The molecule has 0 spiro atoms. The highest BCUT2D eigenvalue weighted by Crippen LogP contribution is 2.28. The molecule has 8 nitrogen and oxygen atoms in total. The lowest BCUT2D eigenvalue weighted by Crippen LogP contribution is -2.42. The number of piperidine rings is 1. The molecule has 2 aliphatic rings. The summed E-state index contributed by atoms with van der Waals surface area (Å²) in [6.07, 6.45) is 8.47. The van der Waals surface area contributed by atoms with E-state index in [0.717, 1.165) is 62.4 Å². The first-order chi connectivity index (χ1) is 17.3. The summed E-state index contributed by atoms with van der Waals surface area (Å²) in [7, 11) is 0. The molecule has 2 saturated heterocycles. The highest BCUT2D eigenvalue weighted by molar-refractivity contribution is 5.69. The van der Waals surface area contributed by atoms with Crippen molar-refractivity contribution in [2.24, 2.45) is 5.92 Å². The third kappa shape index (κ3) is 7.42. The van der Waals surface area contributed by atoms with Gasteiger partial charge in [-0.1, -0.05) is 0 Å². The number of amides is 1. The van der Waals surface area contributed by atoms with Gasteiger partial charge in [0.05, 0.1) is 30.7 Å². The fourth-order valence-corrected chi connectivity index (χ4v) is 4.79. The van der Waals surface area contributed by atoms with Crippen molar-refractivity contribution in [3.8, 4) is 17.2 Å². The third-order valence-electron chi connectivity index (χ3n) is 6.76. The number of aromatic nitrogens is 1. The zero-order chi connectivity index (χ0) is 25.5. The predicted molar refractivity (Wildman–Crippen MR) is 139 cm³/mol. The van der Waals surface area contributed by atoms with Gasteiger partial charge in [-0.25, -0.2) is 4.79 Å². The number of likely N-dealkylation sites (tertiary alicyclic amines) is 1. The van der Waals surface area contributed by atoms with E-state index in [1.807, 2.05) is 33.0 Å². The number of anilines is 1. The molecule has 0 saturated carbocycles. The lowest BCUT2D eigenvalue weighted by molar-refractivity contribution is 0.0187. The molecule has 36 heavy (non-hydrogen) atoms. The summed E-state index contributed by atoms with van der Waals surface area (Å²) in [5, 5.41) is 9.37. The number of hydrogen-bond acceptors (Lipinski definition) is 7. The number of rotatable bonds is 8. The van der Waals surface area contributed by atoms with Crippen LogP contribution in [0.1, 0.15) is 52.9 Å². The number of aromatic hydroxyl groups is 1. The van der Waals surface area contributed by atoms with Crippen LogP contribution in [-0.4, -0.2) is 65.6 Å². The number of ether oxygens (including phenoxy) is 3. The number of phenolic OH excluding ortho intramolecular Hbond substituents is 1. The second-order valence-electron chi connectivity index (χ2n) is 10.7. The van der Waals surface area contributed by atoms with Gasteiger partial charge in [0.15, 0.2) is 0 Å². The van der Waals surface area contributed by atoms with Crippen LogP contribution in [0.3, 0.4) is 0 Å². The van der Waals surface area contributed by atoms with Gasteiger partial charge < -0.3 is 29.1 Å². The minimum absolute atomic E-state index is 0.0167.